The van der Waals surface area contributed by atoms with Gasteiger partial charge in [0.1, 0.15) is 17.3 Å². The Labute approximate surface area is 141 Å². The summed E-state index contributed by atoms with van der Waals surface area (Å²) in [5.74, 6) is 0.0547. The van der Waals surface area contributed by atoms with Crippen LogP contribution in [0.3, 0.4) is 0 Å². The van der Waals surface area contributed by atoms with Crippen molar-refractivity contribution in [1.29, 1.82) is 0 Å². The molecule has 3 rings (SSSR count). The van der Waals surface area contributed by atoms with Gasteiger partial charge in [-0.1, -0.05) is 12.1 Å². The molecule has 130 valence electrons. The number of aromatic nitrogens is 2. The molecule has 2 aromatic carbocycles. The number of fused-ring (bicyclic) bond motifs is 1. The van der Waals surface area contributed by atoms with Gasteiger partial charge in [0.15, 0.2) is 0 Å². The smallest absolute Gasteiger partial charge is 0.387 e. The Morgan fingerprint density at radius 1 is 1.28 bits per heavy atom. The first-order valence-electron chi connectivity index (χ1n) is 7.41. The molecule has 0 saturated heterocycles. The number of carbonyl (C=O) groups is 1. The minimum atomic E-state index is -3.05. The number of para-hydroxylation sites is 2. The van der Waals surface area contributed by atoms with Crippen molar-refractivity contribution in [3.05, 3.63) is 53.9 Å². The molecule has 0 bridgehead atoms. The molecule has 1 aromatic heterocycles. The Morgan fingerprint density at radius 2 is 2.08 bits per heavy atom. The summed E-state index contributed by atoms with van der Waals surface area (Å²) in [7, 11) is 1.39. The maximum absolute atomic E-state index is 12.6. The van der Waals surface area contributed by atoms with E-state index in [-0.39, 0.29) is 17.9 Å². The molecule has 0 spiro atoms. The number of imidazole rings is 1. The molecule has 0 fully saturated rings. The van der Waals surface area contributed by atoms with Crippen LogP contribution in [0.4, 0.5) is 8.78 Å². The minimum absolute atomic E-state index is 0.0165. The fraction of sp³-hybridized carbons (Fsp3) is 0.176. The number of rotatable bonds is 6. The topological polar surface area (TPSA) is 76.2 Å². The van der Waals surface area contributed by atoms with E-state index < -0.39 is 12.5 Å². The van der Waals surface area contributed by atoms with Crippen molar-refractivity contribution in [2.75, 3.05) is 7.11 Å². The first-order valence-corrected chi connectivity index (χ1v) is 7.41. The molecule has 2 N–H and O–H groups in total. The van der Waals surface area contributed by atoms with Gasteiger partial charge in [-0.15, -0.1) is 0 Å². The highest BCUT2D eigenvalue weighted by atomic mass is 19.3. The molecule has 6 nitrogen and oxygen atoms in total. The third kappa shape index (κ3) is 3.85. The van der Waals surface area contributed by atoms with Gasteiger partial charge in [0.25, 0.3) is 5.91 Å². The number of halogens is 2. The van der Waals surface area contributed by atoms with Gasteiger partial charge in [0.2, 0.25) is 0 Å². The number of hydrogen-bond donors (Lipinski definition) is 2. The van der Waals surface area contributed by atoms with E-state index in [0.717, 1.165) is 11.0 Å². The van der Waals surface area contributed by atoms with Crippen molar-refractivity contribution < 1.29 is 23.0 Å². The summed E-state index contributed by atoms with van der Waals surface area (Å²) in [5, 5.41) is 2.63. The van der Waals surface area contributed by atoms with Gasteiger partial charge in [-0.2, -0.15) is 8.78 Å². The largest absolute Gasteiger partial charge is 0.497 e. The van der Waals surface area contributed by atoms with E-state index >= 15 is 0 Å². The number of aromatic amines is 1. The monoisotopic (exact) mass is 347 g/mol. The third-order valence-corrected chi connectivity index (χ3v) is 3.50. The van der Waals surface area contributed by atoms with E-state index in [2.05, 4.69) is 20.0 Å². The average molecular weight is 347 g/mol. The zero-order valence-electron chi connectivity index (χ0n) is 13.3. The van der Waals surface area contributed by atoms with Crippen LogP contribution in [0.5, 0.6) is 11.5 Å². The van der Waals surface area contributed by atoms with Crippen molar-refractivity contribution in [1.82, 2.24) is 15.3 Å². The SMILES string of the molecule is COc1ccc(C(=O)NCc2nc3ccccc3[nH]2)c(OC(F)F)c1. The van der Waals surface area contributed by atoms with E-state index in [1.165, 1.54) is 25.3 Å². The molecule has 8 heteroatoms. The summed E-state index contributed by atoms with van der Waals surface area (Å²) in [6.07, 6.45) is 0. The van der Waals surface area contributed by atoms with Crippen LogP contribution in [0.15, 0.2) is 42.5 Å². The Balaban J connectivity index is 1.75. The number of hydrogen-bond acceptors (Lipinski definition) is 4. The van der Waals surface area contributed by atoms with Crippen molar-refractivity contribution in [2.24, 2.45) is 0 Å². The first kappa shape index (κ1) is 16.7. The van der Waals surface area contributed by atoms with E-state index in [0.29, 0.717) is 11.6 Å². The normalized spacial score (nSPS) is 10.9. The summed E-state index contributed by atoms with van der Waals surface area (Å²) in [5.41, 5.74) is 1.60. The lowest BCUT2D eigenvalue weighted by atomic mass is 10.1. The molecule has 3 aromatic rings. The molecule has 0 aliphatic rings. The fourth-order valence-corrected chi connectivity index (χ4v) is 2.36. The standard InChI is InChI=1S/C17H15F2N3O3/c1-24-10-6-7-11(14(8-10)25-17(18)19)16(23)20-9-15-21-12-4-2-3-5-13(12)22-15/h2-8,17H,9H2,1H3,(H,20,23)(H,21,22). The number of ether oxygens (including phenoxy) is 2. The highest BCUT2D eigenvalue weighted by Gasteiger charge is 2.17. The van der Waals surface area contributed by atoms with E-state index in [1.807, 2.05) is 24.3 Å². The Hall–Kier alpha value is -3.16. The average Bonchev–Trinajstić information content (AvgIpc) is 3.02. The second-order valence-corrected chi connectivity index (χ2v) is 5.12. The van der Waals surface area contributed by atoms with Crippen LogP contribution in [-0.4, -0.2) is 29.6 Å². The Bertz CT molecular complexity index is 863. The molecule has 0 unspecified atom stereocenters. The molecule has 1 amide bonds. The van der Waals surface area contributed by atoms with Gasteiger partial charge < -0.3 is 19.8 Å². The number of methoxy groups -OCH3 is 1. The van der Waals surface area contributed by atoms with Crippen molar-refractivity contribution in [3.63, 3.8) is 0 Å². The fourth-order valence-electron chi connectivity index (χ4n) is 2.36. The second kappa shape index (κ2) is 7.16. The maximum Gasteiger partial charge on any atom is 0.387 e. The quantitative estimate of drug-likeness (QED) is 0.718. The van der Waals surface area contributed by atoms with Gasteiger partial charge in [0.05, 0.1) is 30.3 Å². The number of amides is 1. The number of H-pyrrole nitrogens is 1. The van der Waals surface area contributed by atoms with Crippen molar-refractivity contribution in [3.8, 4) is 11.5 Å². The molecule has 0 saturated carbocycles. The lowest BCUT2D eigenvalue weighted by Gasteiger charge is -2.12. The lowest BCUT2D eigenvalue weighted by Crippen LogP contribution is -2.24. The Morgan fingerprint density at radius 3 is 2.80 bits per heavy atom. The second-order valence-electron chi connectivity index (χ2n) is 5.12. The zero-order chi connectivity index (χ0) is 17.8. The Kier molecular flexibility index (Phi) is 4.78. The molecule has 25 heavy (non-hydrogen) atoms. The van der Waals surface area contributed by atoms with Crippen molar-refractivity contribution >= 4 is 16.9 Å². The first-order chi connectivity index (χ1) is 12.1. The van der Waals surface area contributed by atoms with E-state index in [1.54, 1.807) is 0 Å². The molecule has 0 radical (unpaired) electrons. The van der Waals surface area contributed by atoms with Gasteiger partial charge in [-0.05, 0) is 24.3 Å². The summed E-state index contributed by atoms with van der Waals surface area (Å²) >= 11 is 0. The maximum atomic E-state index is 12.6. The molecule has 0 aliphatic heterocycles. The van der Waals surface area contributed by atoms with Crippen LogP contribution in [0.2, 0.25) is 0 Å². The van der Waals surface area contributed by atoms with Crippen LogP contribution < -0.4 is 14.8 Å². The summed E-state index contributed by atoms with van der Waals surface area (Å²) in [4.78, 5) is 19.7. The highest BCUT2D eigenvalue weighted by Crippen LogP contribution is 2.26. The predicted octanol–water partition coefficient (Wildman–Crippen LogP) is 3.10. The van der Waals surface area contributed by atoms with Gasteiger partial charge in [-0.3, -0.25) is 4.79 Å². The van der Waals surface area contributed by atoms with Crippen LogP contribution in [0.1, 0.15) is 16.2 Å². The van der Waals surface area contributed by atoms with Gasteiger partial charge in [-0.25, -0.2) is 4.98 Å². The molecular formula is C17H15F2N3O3. The van der Waals surface area contributed by atoms with Gasteiger partial charge >= 0.3 is 6.61 Å². The van der Waals surface area contributed by atoms with E-state index in [4.69, 9.17) is 4.74 Å². The number of nitrogens with zero attached hydrogens (tertiary/aromatic N) is 1. The van der Waals surface area contributed by atoms with Gasteiger partial charge in [0, 0.05) is 6.07 Å². The predicted molar refractivity (Wildman–Crippen MR) is 86.9 cm³/mol. The van der Waals surface area contributed by atoms with Crippen LogP contribution in [0, 0.1) is 0 Å². The highest BCUT2D eigenvalue weighted by molar-refractivity contribution is 5.97. The van der Waals surface area contributed by atoms with Crippen LogP contribution in [-0.2, 0) is 6.54 Å². The van der Waals surface area contributed by atoms with Crippen LogP contribution in [0.25, 0.3) is 11.0 Å². The summed E-state index contributed by atoms with van der Waals surface area (Å²) in [6.45, 7) is -2.93. The number of alkyl halides is 2. The van der Waals surface area contributed by atoms with E-state index in [9.17, 15) is 13.6 Å². The number of benzene rings is 2. The summed E-state index contributed by atoms with van der Waals surface area (Å²) < 4.78 is 34.5. The minimum Gasteiger partial charge on any atom is -0.497 e. The molecule has 0 atom stereocenters. The molecule has 0 aliphatic carbocycles. The number of carbonyl (C=O) groups excluding carboxylic acids is 1. The zero-order valence-corrected chi connectivity index (χ0v) is 13.3. The lowest BCUT2D eigenvalue weighted by molar-refractivity contribution is -0.0502. The number of nitrogens with one attached hydrogen (secondary N) is 2. The van der Waals surface area contributed by atoms with Crippen molar-refractivity contribution in [2.45, 2.75) is 13.2 Å². The third-order valence-electron chi connectivity index (χ3n) is 3.50. The van der Waals surface area contributed by atoms with Crippen LogP contribution >= 0.6 is 0 Å². The summed E-state index contributed by atoms with van der Waals surface area (Å²) in [6, 6.07) is 11.5. The molecular weight excluding hydrogens is 332 g/mol. The molecule has 1 heterocycles.